The van der Waals surface area contributed by atoms with Gasteiger partial charge < -0.3 is 24.8 Å². The van der Waals surface area contributed by atoms with Crippen molar-refractivity contribution in [2.75, 3.05) is 0 Å². The average molecular weight is 614 g/mol. The summed E-state index contributed by atoms with van der Waals surface area (Å²) in [5.41, 5.74) is 5.87. The van der Waals surface area contributed by atoms with Crippen molar-refractivity contribution in [3.05, 3.63) is 99.7 Å². The second-order valence-electron chi connectivity index (χ2n) is 10.6. The molecule has 0 nitrogen and oxygen atoms in total. The predicted octanol–water partition coefficient (Wildman–Crippen LogP) is 2.98. The summed E-state index contributed by atoms with van der Waals surface area (Å²) >= 11 is 0. The molecule has 1 radical (unpaired) electrons. The Morgan fingerprint density at radius 3 is 2.23 bits per heavy atom. The molecule has 2 heterocycles. The molecule has 0 saturated carbocycles. The van der Waals surface area contributed by atoms with Crippen LogP contribution in [0.15, 0.2) is 94.1 Å². The maximum Gasteiger partial charge on any atom is 3.00 e. The number of benzene rings is 2. The average Bonchev–Trinajstić information content (AvgIpc) is 3.45. The fourth-order valence-corrected chi connectivity index (χ4v) is 10.9. The molecule has 3 aliphatic rings. The van der Waals surface area contributed by atoms with Crippen LogP contribution in [0, 0.1) is 0 Å². The fraction of sp³-hybridized carbons (Fsp3) is 0.267. The normalized spacial score (nSPS) is 16.8. The van der Waals surface area contributed by atoms with E-state index in [2.05, 4.69) is 114 Å². The van der Waals surface area contributed by atoms with Gasteiger partial charge in [-0.15, -0.1) is 29.0 Å². The first-order valence-electron chi connectivity index (χ1n) is 11.7. The van der Waals surface area contributed by atoms with Crippen molar-refractivity contribution in [2.24, 2.45) is 0 Å². The summed E-state index contributed by atoms with van der Waals surface area (Å²) in [6.07, 6.45) is 5.97. The Balaban J connectivity index is 0.000000239. The van der Waals surface area contributed by atoms with E-state index in [0.29, 0.717) is 0 Å². The first-order chi connectivity index (χ1) is 15.2. The monoisotopic (exact) mass is 611 g/mol. The first-order valence-corrected chi connectivity index (χ1v) is 15.6. The largest absolute Gasteiger partial charge is 3.00 e. The van der Waals surface area contributed by atoms with Gasteiger partial charge in [-0.25, -0.2) is 0 Å². The molecule has 0 N–H and O–H groups in total. The van der Waals surface area contributed by atoms with Gasteiger partial charge in [-0.1, -0.05) is 91.0 Å². The third-order valence-electron chi connectivity index (χ3n) is 7.10. The van der Waals surface area contributed by atoms with Crippen LogP contribution in [0.5, 0.6) is 0 Å². The molecule has 0 saturated heterocycles. The van der Waals surface area contributed by atoms with E-state index in [9.17, 15) is 0 Å². The van der Waals surface area contributed by atoms with Gasteiger partial charge in [0, 0.05) is 5.31 Å². The maximum atomic E-state index is 2.49. The standard InChI is InChI=1S/C19H19.C11H13PSi.2ClH.Zr/c1-19(2,3)16-12-10-15(11-13-16)18-9-5-7-14-6-4-8-17(14)18;1-4-7-11-10-8(12-7)5-6-9(10)13(11,2)3;;;/h4-13H,1-3H3;5-6H,4H2,1-3H3;2*1H;/q-1;;;;+3/p-2. The van der Waals surface area contributed by atoms with Gasteiger partial charge in [0.05, 0.1) is 0 Å². The van der Waals surface area contributed by atoms with Gasteiger partial charge in [-0.05, 0) is 50.3 Å². The third kappa shape index (κ3) is 5.26. The number of halogens is 2. The fourth-order valence-electron chi connectivity index (χ4n) is 5.25. The molecule has 0 aromatic heterocycles. The van der Waals surface area contributed by atoms with Crippen LogP contribution in [-0.2, 0) is 31.6 Å². The maximum absolute atomic E-state index is 2.49. The van der Waals surface area contributed by atoms with Crippen molar-refractivity contribution in [3.63, 3.8) is 0 Å². The zero-order valence-corrected chi connectivity index (χ0v) is 27.2. The van der Waals surface area contributed by atoms with E-state index in [1.807, 2.05) is 0 Å². The molecule has 0 unspecified atom stereocenters. The van der Waals surface area contributed by atoms with E-state index in [1.165, 1.54) is 42.1 Å². The van der Waals surface area contributed by atoms with E-state index < -0.39 is 8.07 Å². The molecule has 0 fully saturated rings. The molecule has 3 aromatic rings. The van der Waals surface area contributed by atoms with Crippen molar-refractivity contribution in [3.8, 4) is 11.1 Å². The topological polar surface area (TPSA) is 0 Å². The number of rotatable bonds is 2. The van der Waals surface area contributed by atoms with Crippen LogP contribution in [0.1, 0.15) is 39.7 Å². The Hall–Kier alpha value is -0.880. The SMILES string of the molecule is CC(C)(C)c1ccc(-c2cccc3[cH-]ccc23)cc1.CCC1=PC2=CC=C3C2=C1[Si]3(C)C.[Cl-].[Cl-].[Zr+3]. The van der Waals surface area contributed by atoms with Crippen molar-refractivity contribution in [1.29, 1.82) is 0 Å². The third-order valence-corrected chi connectivity index (χ3v) is 12.3. The van der Waals surface area contributed by atoms with Gasteiger partial charge in [-0.2, -0.15) is 12.1 Å². The summed E-state index contributed by atoms with van der Waals surface area (Å²) < 4.78 is 0. The van der Waals surface area contributed by atoms with Crippen LogP contribution in [-0.4, -0.2) is 13.4 Å². The number of allylic oxidation sites excluding steroid dienone is 6. The molecular formula is C30H32Cl2PSiZr. The molecule has 179 valence electrons. The molecule has 3 aromatic carbocycles. The van der Waals surface area contributed by atoms with Crippen LogP contribution in [0.2, 0.25) is 13.1 Å². The van der Waals surface area contributed by atoms with Crippen LogP contribution in [0.25, 0.3) is 21.9 Å². The second-order valence-corrected chi connectivity index (χ2v) is 16.1. The Kier molecular flexibility index (Phi) is 9.75. The summed E-state index contributed by atoms with van der Waals surface area (Å²) in [5, 5.41) is 9.48. The summed E-state index contributed by atoms with van der Waals surface area (Å²) in [5.74, 6) is 0. The van der Waals surface area contributed by atoms with E-state index in [-0.39, 0.29) is 56.4 Å². The Labute approximate surface area is 245 Å². The van der Waals surface area contributed by atoms with Gasteiger partial charge in [0.2, 0.25) is 0 Å². The summed E-state index contributed by atoms with van der Waals surface area (Å²) in [6, 6.07) is 22.0. The number of hydrogen-bond acceptors (Lipinski definition) is 0. The quantitative estimate of drug-likeness (QED) is 0.237. The summed E-state index contributed by atoms with van der Waals surface area (Å²) in [4.78, 5) is 0. The molecule has 0 bridgehead atoms. The van der Waals surface area contributed by atoms with E-state index in [1.54, 1.807) is 26.6 Å². The second kappa shape index (κ2) is 11.2. The van der Waals surface area contributed by atoms with Crippen molar-refractivity contribution in [2.45, 2.75) is 52.6 Å². The molecule has 0 atom stereocenters. The van der Waals surface area contributed by atoms with Crippen molar-refractivity contribution in [1.82, 2.24) is 0 Å². The molecule has 6 rings (SSSR count). The molecule has 35 heavy (non-hydrogen) atoms. The molecule has 5 heteroatoms. The van der Waals surface area contributed by atoms with Crippen LogP contribution in [0.3, 0.4) is 0 Å². The van der Waals surface area contributed by atoms with Gasteiger partial charge in [0.25, 0.3) is 0 Å². The zero-order valence-electron chi connectivity index (χ0n) is 21.3. The van der Waals surface area contributed by atoms with Crippen molar-refractivity contribution >= 4 is 32.3 Å². The number of hydrogen-bond donors (Lipinski definition) is 0. The summed E-state index contributed by atoms with van der Waals surface area (Å²) in [7, 11) is 0.406. The van der Waals surface area contributed by atoms with Crippen LogP contribution in [0.4, 0.5) is 0 Å². The minimum absolute atomic E-state index is 0. The molecule has 2 aliphatic heterocycles. The van der Waals surface area contributed by atoms with Gasteiger partial charge in [-0.3, -0.25) is 0 Å². The molecule has 1 aliphatic carbocycles. The smallest absolute Gasteiger partial charge is 1.00 e. The minimum atomic E-state index is -1.11. The zero-order chi connectivity index (χ0) is 22.7. The molecule has 0 spiro atoms. The minimum Gasteiger partial charge on any atom is -1.00 e. The Morgan fingerprint density at radius 1 is 0.914 bits per heavy atom. The van der Waals surface area contributed by atoms with Crippen molar-refractivity contribution < 1.29 is 51.0 Å². The predicted molar refractivity (Wildman–Crippen MR) is 147 cm³/mol. The molecular weight excluding hydrogens is 582 g/mol. The van der Waals surface area contributed by atoms with E-state index >= 15 is 0 Å². The summed E-state index contributed by atoms with van der Waals surface area (Å²) in [6.45, 7) is 14.0. The van der Waals surface area contributed by atoms with E-state index in [4.69, 9.17) is 0 Å². The van der Waals surface area contributed by atoms with Crippen LogP contribution < -0.4 is 24.8 Å². The van der Waals surface area contributed by atoms with Gasteiger partial charge in [0.1, 0.15) is 8.07 Å². The number of fused-ring (bicyclic) bond motifs is 1. The van der Waals surface area contributed by atoms with Gasteiger partial charge >= 0.3 is 26.2 Å². The Bertz CT molecular complexity index is 1350. The van der Waals surface area contributed by atoms with Gasteiger partial charge in [0.15, 0.2) is 0 Å². The molecule has 0 amide bonds. The Morgan fingerprint density at radius 2 is 1.60 bits per heavy atom. The van der Waals surface area contributed by atoms with E-state index in [0.717, 1.165) is 0 Å². The van der Waals surface area contributed by atoms with Crippen LogP contribution >= 0.6 is 8.20 Å². The first kappa shape index (κ1) is 30.3.